The zero-order chi connectivity index (χ0) is 12.8. The van der Waals surface area contributed by atoms with E-state index in [-0.39, 0.29) is 0 Å². The molecule has 0 aliphatic carbocycles. The zero-order valence-electron chi connectivity index (χ0n) is 10.3. The molecule has 2 aromatic carbocycles. The molecule has 0 saturated heterocycles. The third-order valence-corrected chi connectivity index (χ3v) is 2.57. The van der Waals surface area contributed by atoms with Crippen LogP contribution in [0.1, 0.15) is 13.3 Å². The first kappa shape index (κ1) is 12.5. The Balaban J connectivity index is 2.17. The molecule has 2 aromatic rings. The number of rotatable bonds is 5. The van der Waals surface area contributed by atoms with Crippen LogP contribution in [-0.2, 0) is 0 Å². The normalized spacial score (nSPS) is 11.9. The van der Waals surface area contributed by atoms with Gasteiger partial charge in [0.2, 0.25) is 0 Å². The maximum Gasteiger partial charge on any atom is 0.150 e. The van der Waals surface area contributed by atoms with E-state index in [1.807, 2.05) is 61.5 Å². The van der Waals surface area contributed by atoms with Crippen LogP contribution in [0.4, 0.5) is 5.69 Å². The van der Waals surface area contributed by atoms with Crippen LogP contribution >= 0.6 is 0 Å². The fourth-order valence-electron chi connectivity index (χ4n) is 1.57. The number of benzene rings is 2. The van der Waals surface area contributed by atoms with Crippen LogP contribution in [0.2, 0.25) is 0 Å². The third kappa shape index (κ3) is 3.25. The molecular formula is C15H17NO2. The van der Waals surface area contributed by atoms with E-state index < -0.39 is 6.23 Å². The Kier molecular flexibility index (Phi) is 4.20. The van der Waals surface area contributed by atoms with Gasteiger partial charge in [0, 0.05) is 0 Å². The Hall–Kier alpha value is -2.00. The Bertz CT molecular complexity index is 485. The van der Waals surface area contributed by atoms with Crippen molar-refractivity contribution in [1.82, 2.24) is 0 Å². The van der Waals surface area contributed by atoms with Gasteiger partial charge in [0.25, 0.3) is 0 Å². The van der Waals surface area contributed by atoms with Crippen molar-refractivity contribution in [2.45, 2.75) is 19.6 Å². The van der Waals surface area contributed by atoms with Crippen molar-refractivity contribution in [3.8, 4) is 11.5 Å². The molecule has 0 radical (unpaired) electrons. The van der Waals surface area contributed by atoms with E-state index in [0.717, 1.165) is 11.4 Å². The van der Waals surface area contributed by atoms with Gasteiger partial charge in [-0.1, -0.05) is 37.3 Å². The summed E-state index contributed by atoms with van der Waals surface area (Å²) in [6, 6.07) is 17.1. The molecule has 0 bridgehead atoms. The fraction of sp³-hybridized carbons (Fsp3) is 0.200. The molecule has 0 aliphatic heterocycles. The number of aliphatic hydroxyl groups is 1. The van der Waals surface area contributed by atoms with Crippen LogP contribution in [-0.4, -0.2) is 11.3 Å². The van der Waals surface area contributed by atoms with Gasteiger partial charge in [-0.3, -0.25) is 0 Å². The van der Waals surface area contributed by atoms with E-state index in [2.05, 4.69) is 5.32 Å². The molecule has 1 atom stereocenters. The van der Waals surface area contributed by atoms with Gasteiger partial charge in [-0.25, -0.2) is 0 Å². The van der Waals surface area contributed by atoms with Crippen molar-refractivity contribution in [3.05, 3.63) is 54.6 Å². The fourth-order valence-corrected chi connectivity index (χ4v) is 1.57. The summed E-state index contributed by atoms with van der Waals surface area (Å²) in [7, 11) is 0. The highest BCUT2D eigenvalue weighted by Gasteiger charge is 2.07. The van der Waals surface area contributed by atoms with E-state index in [1.165, 1.54) is 0 Å². The lowest BCUT2D eigenvalue weighted by molar-refractivity contribution is 0.199. The maximum absolute atomic E-state index is 9.64. The number of ether oxygens (including phenoxy) is 1. The van der Waals surface area contributed by atoms with Gasteiger partial charge in [-0.2, -0.15) is 0 Å². The van der Waals surface area contributed by atoms with E-state index >= 15 is 0 Å². The average Bonchev–Trinajstić information content (AvgIpc) is 2.42. The maximum atomic E-state index is 9.64. The first-order chi connectivity index (χ1) is 8.79. The van der Waals surface area contributed by atoms with Crippen LogP contribution in [0, 0.1) is 0 Å². The first-order valence-corrected chi connectivity index (χ1v) is 6.06. The second-order valence-electron chi connectivity index (χ2n) is 3.98. The van der Waals surface area contributed by atoms with Gasteiger partial charge in [-0.05, 0) is 30.7 Å². The number of anilines is 1. The van der Waals surface area contributed by atoms with Crippen molar-refractivity contribution >= 4 is 5.69 Å². The van der Waals surface area contributed by atoms with Crippen LogP contribution < -0.4 is 10.1 Å². The quantitative estimate of drug-likeness (QED) is 0.788. The highest BCUT2D eigenvalue weighted by Crippen LogP contribution is 2.29. The smallest absolute Gasteiger partial charge is 0.150 e. The lowest BCUT2D eigenvalue weighted by Gasteiger charge is -2.16. The third-order valence-electron chi connectivity index (χ3n) is 2.57. The minimum atomic E-state index is -0.564. The second kappa shape index (κ2) is 6.07. The molecule has 0 fully saturated rings. The SMILES string of the molecule is CCC(O)Nc1ccccc1Oc1ccccc1. The number of nitrogens with one attached hydrogen (secondary N) is 1. The lowest BCUT2D eigenvalue weighted by atomic mass is 10.2. The van der Waals surface area contributed by atoms with Crippen molar-refractivity contribution in [1.29, 1.82) is 0 Å². The molecule has 2 N–H and O–H groups in total. The Morgan fingerprint density at radius 3 is 2.44 bits per heavy atom. The molecule has 0 saturated carbocycles. The summed E-state index contributed by atoms with van der Waals surface area (Å²) >= 11 is 0. The molecule has 0 spiro atoms. The minimum absolute atomic E-state index is 0.564. The molecule has 0 aromatic heterocycles. The van der Waals surface area contributed by atoms with Gasteiger partial charge in [0.15, 0.2) is 5.75 Å². The average molecular weight is 243 g/mol. The topological polar surface area (TPSA) is 41.5 Å². The summed E-state index contributed by atoms with van der Waals surface area (Å²) < 4.78 is 5.78. The van der Waals surface area contributed by atoms with E-state index in [1.54, 1.807) is 0 Å². The molecule has 2 rings (SSSR count). The van der Waals surface area contributed by atoms with Crippen LogP contribution in [0.3, 0.4) is 0 Å². The van der Waals surface area contributed by atoms with Gasteiger partial charge >= 0.3 is 0 Å². The van der Waals surface area contributed by atoms with Gasteiger partial charge in [0.05, 0.1) is 5.69 Å². The molecule has 3 heteroatoms. The number of hydrogen-bond acceptors (Lipinski definition) is 3. The van der Waals surface area contributed by atoms with Crippen molar-refractivity contribution in [3.63, 3.8) is 0 Å². The lowest BCUT2D eigenvalue weighted by Crippen LogP contribution is -2.17. The summed E-state index contributed by atoms with van der Waals surface area (Å²) in [5.74, 6) is 1.48. The van der Waals surface area contributed by atoms with Crippen molar-refractivity contribution < 1.29 is 9.84 Å². The van der Waals surface area contributed by atoms with Crippen molar-refractivity contribution in [2.75, 3.05) is 5.32 Å². The minimum Gasteiger partial charge on any atom is -0.455 e. The van der Waals surface area contributed by atoms with Gasteiger partial charge in [-0.15, -0.1) is 0 Å². The Labute approximate surface area is 107 Å². The highest BCUT2D eigenvalue weighted by molar-refractivity contribution is 5.57. The second-order valence-corrected chi connectivity index (χ2v) is 3.98. The number of hydrogen-bond donors (Lipinski definition) is 2. The summed E-state index contributed by atoms with van der Waals surface area (Å²) in [4.78, 5) is 0. The highest BCUT2D eigenvalue weighted by atomic mass is 16.5. The Morgan fingerprint density at radius 1 is 1.06 bits per heavy atom. The molecule has 94 valence electrons. The van der Waals surface area contributed by atoms with E-state index in [4.69, 9.17) is 4.74 Å². The van der Waals surface area contributed by atoms with Crippen LogP contribution in [0.15, 0.2) is 54.6 Å². The summed E-state index contributed by atoms with van der Waals surface area (Å²) in [6.07, 6.45) is 0.0742. The van der Waals surface area contributed by atoms with Gasteiger partial charge < -0.3 is 15.2 Å². The monoisotopic (exact) mass is 243 g/mol. The van der Waals surface area contributed by atoms with Gasteiger partial charge in [0.1, 0.15) is 12.0 Å². The standard InChI is InChI=1S/C15H17NO2/c1-2-15(17)16-13-10-6-7-11-14(13)18-12-8-4-3-5-9-12/h3-11,15-17H,2H2,1H3. The summed E-state index contributed by atoms with van der Waals surface area (Å²) in [5, 5.41) is 12.6. The predicted molar refractivity (Wildman–Crippen MR) is 72.9 cm³/mol. The molecule has 18 heavy (non-hydrogen) atoms. The predicted octanol–water partition coefficient (Wildman–Crippen LogP) is 3.62. The van der Waals surface area contributed by atoms with Crippen molar-refractivity contribution in [2.24, 2.45) is 0 Å². The van der Waals surface area contributed by atoms with E-state index in [0.29, 0.717) is 12.2 Å². The largest absolute Gasteiger partial charge is 0.455 e. The van der Waals surface area contributed by atoms with E-state index in [9.17, 15) is 5.11 Å². The molecule has 0 heterocycles. The molecule has 0 amide bonds. The molecule has 1 unspecified atom stereocenters. The molecular weight excluding hydrogens is 226 g/mol. The van der Waals surface area contributed by atoms with Crippen LogP contribution in [0.5, 0.6) is 11.5 Å². The number of aliphatic hydroxyl groups excluding tert-OH is 1. The summed E-state index contributed by atoms with van der Waals surface area (Å²) in [6.45, 7) is 1.92. The number of para-hydroxylation sites is 3. The first-order valence-electron chi connectivity index (χ1n) is 6.06. The van der Waals surface area contributed by atoms with Crippen LogP contribution in [0.25, 0.3) is 0 Å². The zero-order valence-corrected chi connectivity index (χ0v) is 10.3. The molecule has 3 nitrogen and oxygen atoms in total. The molecule has 0 aliphatic rings. The summed E-state index contributed by atoms with van der Waals surface area (Å²) in [5.41, 5.74) is 0.788. The Morgan fingerprint density at radius 2 is 1.72 bits per heavy atom.